The van der Waals surface area contributed by atoms with Gasteiger partial charge >= 0.3 is 5.97 Å². The normalized spacial score (nSPS) is 27.4. The van der Waals surface area contributed by atoms with E-state index in [9.17, 15) is 23.1 Å². The number of sulfonamides is 1. The number of ketones is 1. The number of hydrogen-bond acceptors (Lipinski definition) is 5. The molecule has 0 radical (unpaired) electrons. The molecule has 8 heteroatoms. The predicted octanol–water partition coefficient (Wildman–Crippen LogP) is 2.23. The number of anilines is 1. The zero-order chi connectivity index (χ0) is 18.6. The first-order valence-electron chi connectivity index (χ1n) is 8.09. The maximum absolute atomic E-state index is 12.6. The predicted molar refractivity (Wildman–Crippen MR) is 91.0 cm³/mol. The third-order valence-electron chi connectivity index (χ3n) is 6.08. The number of phenols is 1. The highest BCUT2D eigenvalue weighted by Crippen LogP contribution is 2.64. The Morgan fingerprint density at radius 3 is 2.52 bits per heavy atom. The number of carbonyl (C=O) groups is 2. The fraction of sp³-hybridized carbons (Fsp3) is 0.529. The monoisotopic (exact) mass is 367 g/mol. The first-order valence-corrected chi connectivity index (χ1v) is 9.74. The number of hydrogen-bond donors (Lipinski definition) is 3. The lowest BCUT2D eigenvalue weighted by Crippen LogP contribution is -2.43. The van der Waals surface area contributed by atoms with Gasteiger partial charge in [-0.25, -0.2) is 13.2 Å². The van der Waals surface area contributed by atoms with Gasteiger partial charge in [-0.15, -0.1) is 0 Å². The zero-order valence-electron chi connectivity index (χ0n) is 14.1. The number of carboxylic acids is 1. The summed E-state index contributed by atoms with van der Waals surface area (Å²) in [6, 6.07) is 3.46. The molecule has 2 fully saturated rings. The second kappa shape index (κ2) is 5.45. The van der Waals surface area contributed by atoms with Crippen molar-refractivity contribution in [1.82, 2.24) is 0 Å². The number of Topliss-reactive ketones (excluding diaryl/α,β-unsaturated/α-hetero) is 1. The van der Waals surface area contributed by atoms with Crippen LogP contribution in [0.3, 0.4) is 0 Å². The van der Waals surface area contributed by atoms with Gasteiger partial charge in [0.05, 0.1) is 16.9 Å². The maximum atomic E-state index is 12.6. The Labute approximate surface area is 146 Å². The summed E-state index contributed by atoms with van der Waals surface area (Å²) in [5.41, 5.74) is -1.50. The highest BCUT2D eigenvalue weighted by atomic mass is 32.2. The van der Waals surface area contributed by atoms with E-state index >= 15 is 0 Å². The minimum atomic E-state index is -3.85. The summed E-state index contributed by atoms with van der Waals surface area (Å²) < 4.78 is 27.6. The molecule has 7 nitrogen and oxygen atoms in total. The Kier molecular flexibility index (Phi) is 3.87. The van der Waals surface area contributed by atoms with Crippen LogP contribution in [0.4, 0.5) is 5.69 Å². The van der Waals surface area contributed by atoms with E-state index in [4.69, 9.17) is 5.11 Å². The lowest BCUT2D eigenvalue weighted by molar-refractivity contribution is -0.128. The second-order valence-corrected chi connectivity index (χ2v) is 9.29. The molecule has 25 heavy (non-hydrogen) atoms. The lowest BCUT2D eigenvalue weighted by atomic mass is 9.70. The second-order valence-electron chi connectivity index (χ2n) is 7.56. The van der Waals surface area contributed by atoms with Crippen molar-refractivity contribution in [2.45, 2.75) is 33.1 Å². The van der Waals surface area contributed by atoms with Crippen LogP contribution in [0.15, 0.2) is 18.2 Å². The van der Waals surface area contributed by atoms with Crippen LogP contribution in [0.2, 0.25) is 0 Å². The molecule has 3 N–H and O–H groups in total. The van der Waals surface area contributed by atoms with E-state index in [1.54, 1.807) is 0 Å². The topological polar surface area (TPSA) is 121 Å². The van der Waals surface area contributed by atoms with Gasteiger partial charge in [-0.2, -0.15) is 0 Å². The van der Waals surface area contributed by atoms with Crippen molar-refractivity contribution in [1.29, 1.82) is 0 Å². The van der Waals surface area contributed by atoms with Crippen molar-refractivity contribution in [3.05, 3.63) is 23.8 Å². The molecule has 0 aromatic heterocycles. The van der Waals surface area contributed by atoms with E-state index in [1.807, 2.05) is 13.8 Å². The van der Waals surface area contributed by atoms with E-state index in [-0.39, 0.29) is 34.1 Å². The Hall–Kier alpha value is -2.09. The Balaban J connectivity index is 1.85. The zero-order valence-corrected chi connectivity index (χ0v) is 14.9. The summed E-state index contributed by atoms with van der Waals surface area (Å²) in [6.07, 6.45) is 1.84. The molecule has 2 saturated carbocycles. The fourth-order valence-electron chi connectivity index (χ4n) is 4.42. The van der Waals surface area contributed by atoms with Gasteiger partial charge < -0.3 is 10.2 Å². The SMILES string of the molecule is CC1(C)[C@H]2CC[C@]1(CS(=O)(=O)Nc1ccc(C(=O)O)c(O)c1)C(=O)C2. The minimum absolute atomic E-state index is 0.00296. The largest absolute Gasteiger partial charge is 0.507 e. The Bertz CT molecular complexity index is 860. The van der Waals surface area contributed by atoms with Crippen molar-refractivity contribution in [3.8, 4) is 5.75 Å². The summed E-state index contributed by atoms with van der Waals surface area (Å²) >= 11 is 0. The van der Waals surface area contributed by atoms with E-state index in [1.165, 1.54) is 6.07 Å². The summed E-state index contributed by atoms with van der Waals surface area (Å²) in [4.78, 5) is 23.4. The molecule has 0 spiro atoms. The lowest BCUT2D eigenvalue weighted by Gasteiger charge is -2.36. The van der Waals surface area contributed by atoms with E-state index < -0.39 is 27.2 Å². The van der Waals surface area contributed by atoms with Crippen molar-refractivity contribution >= 4 is 27.5 Å². The Morgan fingerprint density at radius 2 is 2.04 bits per heavy atom. The van der Waals surface area contributed by atoms with E-state index in [0.717, 1.165) is 18.6 Å². The molecular weight excluding hydrogens is 346 g/mol. The van der Waals surface area contributed by atoms with Gasteiger partial charge in [0.2, 0.25) is 10.0 Å². The van der Waals surface area contributed by atoms with Crippen LogP contribution in [0.5, 0.6) is 5.75 Å². The molecule has 0 amide bonds. The first kappa shape index (κ1) is 17.7. The molecule has 1 aromatic rings. The van der Waals surface area contributed by atoms with Crippen LogP contribution in [0.25, 0.3) is 0 Å². The number of carbonyl (C=O) groups excluding carboxylic acids is 1. The fourth-order valence-corrected chi connectivity index (χ4v) is 6.31. The van der Waals surface area contributed by atoms with Gasteiger partial charge in [-0.3, -0.25) is 9.52 Å². The molecule has 2 atom stereocenters. The Morgan fingerprint density at radius 1 is 1.36 bits per heavy atom. The van der Waals surface area contributed by atoms with E-state index in [0.29, 0.717) is 12.8 Å². The van der Waals surface area contributed by atoms with Crippen molar-refractivity contribution in [2.24, 2.45) is 16.7 Å². The molecule has 2 bridgehead atoms. The number of rotatable bonds is 5. The molecule has 1 aromatic carbocycles. The van der Waals surface area contributed by atoms with Gasteiger partial charge in [0.1, 0.15) is 17.1 Å². The molecule has 2 aliphatic carbocycles. The van der Waals surface area contributed by atoms with Gasteiger partial charge in [0, 0.05) is 12.5 Å². The third-order valence-corrected chi connectivity index (χ3v) is 7.50. The number of aromatic hydroxyl groups is 1. The molecule has 0 unspecified atom stereocenters. The summed E-state index contributed by atoms with van der Waals surface area (Å²) in [5, 5.41) is 18.6. The maximum Gasteiger partial charge on any atom is 0.339 e. The number of fused-ring (bicyclic) bond motifs is 2. The van der Waals surface area contributed by atoms with Crippen LogP contribution in [-0.4, -0.2) is 36.1 Å². The average Bonchev–Trinajstić information content (AvgIpc) is 2.80. The summed E-state index contributed by atoms with van der Waals surface area (Å²) in [6.45, 7) is 3.91. The first-order chi connectivity index (χ1) is 11.5. The molecule has 0 saturated heterocycles. The molecule has 3 rings (SSSR count). The van der Waals surface area contributed by atoms with Crippen LogP contribution in [0.1, 0.15) is 43.5 Å². The average molecular weight is 367 g/mol. The van der Waals surface area contributed by atoms with Crippen molar-refractivity contribution in [2.75, 3.05) is 10.5 Å². The van der Waals surface area contributed by atoms with Gasteiger partial charge in [-0.1, -0.05) is 13.8 Å². The highest BCUT2D eigenvalue weighted by molar-refractivity contribution is 7.92. The van der Waals surface area contributed by atoms with Crippen molar-refractivity contribution < 1.29 is 28.2 Å². The van der Waals surface area contributed by atoms with Gasteiger partial charge in [0.15, 0.2) is 0 Å². The standard InChI is InChI=1S/C17H21NO6S/c1-16(2)10-5-6-17(16,14(20)7-10)9-25(23,24)18-11-3-4-12(15(21)22)13(19)8-11/h3-4,8,10,18-19H,5-7,9H2,1-2H3,(H,21,22)/t10-,17-/m0/s1. The van der Waals surface area contributed by atoms with Crippen LogP contribution in [-0.2, 0) is 14.8 Å². The quantitative estimate of drug-likeness (QED) is 0.734. The molecule has 0 heterocycles. The minimum Gasteiger partial charge on any atom is -0.507 e. The molecule has 0 aliphatic heterocycles. The van der Waals surface area contributed by atoms with Crippen LogP contribution < -0.4 is 4.72 Å². The van der Waals surface area contributed by atoms with Crippen LogP contribution >= 0.6 is 0 Å². The smallest absolute Gasteiger partial charge is 0.339 e. The number of carboxylic acid groups (broad SMARTS) is 1. The highest BCUT2D eigenvalue weighted by Gasteiger charge is 2.65. The molecular formula is C17H21NO6S. The van der Waals surface area contributed by atoms with Gasteiger partial charge in [0.25, 0.3) is 0 Å². The van der Waals surface area contributed by atoms with E-state index in [2.05, 4.69) is 4.72 Å². The van der Waals surface area contributed by atoms with Crippen LogP contribution in [0, 0.1) is 16.7 Å². The summed E-state index contributed by atoms with van der Waals surface area (Å²) in [5.74, 6) is -1.91. The summed E-state index contributed by atoms with van der Waals surface area (Å²) in [7, 11) is -3.85. The number of aromatic carboxylic acids is 1. The molecule has 136 valence electrons. The molecule has 2 aliphatic rings. The number of nitrogens with one attached hydrogen (secondary N) is 1. The third kappa shape index (κ3) is 2.68. The van der Waals surface area contributed by atoms with Gasteiger partial charge in [-0.05, 0) is 36.3 Å². The van der Waals surface area contributed by atoms with Crippen molar-refractivity contribution in [3.63, 3.8) is 0 Å². The number of benzene rings is 1.